The van der Waals surface area contributed by atoms with Gasteiger partial charge >= 0.3 is 17.9 Å². The third-order valence-corrected chi connectivity index (χ3v) is 9.23. The zero-order valence-corrected chi connectivity index (χ0v) is 20.4. The van der Waals surface area contributed by atoms with E-state index in [0.717, 1.165) is 25.7 Å². The molecule has 0 radical (unpaired) electrons. The molecule has 3 saturated carbocycles. The zero-order chi connectivity index (χ0) is 23.5. The minimum absolute atomic E-state index is 0.0191. The molecule has 0 amide bonds. The van der Waals surface area contributed by atoms with Crippen LogP contribution in [0, 0.1) is 34.0 Å². The van der Waals surface area contributed by atoms with Crippen molar-refractivity contribution < 1.29 is 28.6 Å². The lowest BCUT2D eigenvalue weighted by Gasteiger charge is -2.69. The average molecular weight is 447 g/mol. The summed E-state index contributed by atoms with van der Waals surface area (Å²) in [7, 11) is 0. The van der Waals surface area contributed by atoms with Gasteiger partial charge in [-0.1, -0.05) is 39.3 Å². The van der Waals surface area contributed by atoms with Gasteiger partial charge in [-0.3, -0.25) is 14.4 Å². The Kier molecular flexibility index (Phi) is 5.53. The largest absolute Gasteiger partial charge is 0.462 e. The van der Waals surface area contributed by atoms with Crippen molar-refractivity contribution in [1.82, 2.24) is 0 Å². The normalized spacial score (nSPS) is 43.6. The van der Waals surface area contributed by atoms with Crippen LogP contribution in [0.1, 0.15) is 80.1 Å². The molecule has 178 valence electrons. The van der Waals surface area contributed by atoms with E-state index < -0.39 is 23.6 Å². The van der Waals surface area contributed by atoms with E-state index in [9.17, 15) is 14.4 Å². The number of ether oxygens (including phenoxy) is 3. The summed E-state index contributed by atoms with van der Waals surface area (Å²) in [5.41, 5.74) is -1.02. The molecule has 7 atom stereocenters. The molecule has 0 saturated heterocycles. The molecule has 0 unspecified atom stereocenters. The number of carbonyl (C=O) groups excluding carboxylic acids is 3. The zero-order valence-electron chi connectivity index (χ0n) is 20.4. The van der Waals surface area contributed by atoms with Gasteiger partial charge in [-0.2, -0.15) is 0 Å². The van der Waals surface area contributed by atoms with E-state index in [-0.39, 0.29) is 40.7 Å². The minimum atomic E-state index is -1.02. The first kappa shape index (κ1) is 23.3. The summed E-state index contributed by atoms with van der Waals surface area (Å²) >= 11 is 0. The highest BCUT2D eigenvalue weighted by Gasteiger charge is 2.71. The summed E-state index contributed by atoms with van der Waals surface area (Å²) in [6.45, 7) is 11.3. The fourth-order valence-corrected chi connectivity index (χ4v) is 8.52. The van der Waals surface area contributed by atoms with Crippen LogP contribution in [0.3, 0.4) is 0 Å². The van der Waals surface area contributed by atoms with Crippen LogP contribution in [-0.4, -0.2) is 36.2 Å². The Morgan fingerprint density at radius 1 is 0.969 bits per heavy atom. The highest BCUT2D eigenvalue weighted by Crippen LogP contribution is 2.72. The summed E-state index contributed by atoms with van der Waals surface area (Å²) in [4.78, 5) is 36.2. The van der Waals surface area contributed by atoms with E-state index in [4.69, 9.17) is 14.2 Å². The Morgan fingerprint density at radius 3 is 2.31 bits per heavy atom. The molecule has 0 aromatic rings. The van der Waals surface area contributed by atoms with Crippen LogP contribution in [0.25, 0.3) is 0 Å². The molecule has 0 N–H and O–H groups in total. The molecule has 2 bridgehead atoms. The first-order valence-corrected chi connectivity index (χ1v) is 12.0. The van der Waals surface area contributed by atoms with Gasteiger partial charge in [0, 0.05) is 33.1 Å². The third kappa shape index (κ3) is 3.49. The van der Waals surface area contributed by atoms with Gasteiger partial charge in [0.25, 0.3) is 0 Å². The monoisotopic (exact) mass is 446 g/mol. The Labute approximate surface area is 191 Å². The van der Waals surface area contributed by atoms with Crippen LogP contribution in [0.15, 0.2) is 12.2 Å². The first-order valence-electron chi connectivity index (χ1n) is 12.0. The van der Waals surface area contributed by atoms with Crippen molar-refractivity contribution in [3.05, 3.63) is 12.2 Å². The molecule has 0 aromatic carbocycles. The van der Waals surface area contributed by atoms with Crippen LogP contribution < -0.4 is 0 Å². The van der Waals surface area contributed by atoms with Crippen LogP contribution in [0.2, 0.25) is 0 Å². The lowest BCUT2D eigenvalue weighted by Crippen LogP contribution is -2.71. The number of rotatable bonds is 4. The highest BCUT2D eigenvalue weighted by molar-refractivity contribution is 5.68. The van der Waals surface area contributed by atoms with Gasteiger partial charge in [0.1, 0.15) is 12.7 Å². The highest BCUT2D eigenvalue weighted by atomic mass is 16.6. The van der Waals surface area contributed by atoms with E-state index >= 15 is 0 Å². The average Bonchev–Trinajstić information content (AvgIpc) is 2.64. The molecule has 5 aliphatic rings. The molecule has 6 heteroatoms. The van der Waals surface area contributed by atoms with Crippen LogP contribution >= 0.6 is 0 Å². The number of fused-ring (bicyclic) bond motifs is 2. The van der Waals surface area contributed by atoms with Crippen molar-refractivity contribution in [2.45, 2.75) is 91.8 Å². The van der Waals surface area contributed by atoms with E-state index in [1.54, 1.807) is 0 Å². The van der Waals surface area contributed by atoms with Gasteiger partial charge < -0.3 is 14.2 Å². The predicted octanol–water partition coefficient (Wildman–Crippen LogP) is 4.60. The van der Waals surface area contributed by atoms with Crippen molar-refractivity contribution in [3.8, 4) is 0 Å². The lowest BCUT2D eigenvalue weighted by molar-refractivity contribution is -0.258. The summed E-state index contributed by atoms with van der Waals surface area (Å²) in [6.07, 6.45) is 10.1. The molecule has 0 aliphatic heterocycles. The fourth-order valence-electron chi connectivity index (χ4n) is 8.52. The van der Waals surface area contributed by atoms with Gasteiger partial charge in [0.05, 0.1) is 5.92 Å². The SMILES string of the molecule is CC(=O)OC[C@]1(OC(C)=O)C[C@]23C=C[C@H]1[C@@H](OC(C)=O)[C@H]2[C@]1(C)CCCC(C)(C)[C@H]1CC3. The molecule has 1 spiro atoms. The summed E-state index contributed by atoms with van der Waals surface area (Å²) in [5, 5.41) is 0. The maximum Gasteiger partial charge on any atom is 0.303 e. The molecule has 0 aromatic heterocycles. The number of carbonyl (C=O) groups is 3. The van der Waals surface area contributed by atoms with Crippen molar-refractivity contribution in [1.29, 1.82) is 0 Å². The first-order chi connectivity index (χ1) is 14.9. The Morgan fingerprint density at radius 2 is 1.69 bits per heavy atom. The van der Waals surface area contributed by atoms with Crippen molar-refractivity contribution in [2.24, 2.45) is 34.0 Å². The number of esters is 3. The smallest absolute Gasteiger partial charge is 0.303 e. The molecular formula is C26H38O6. The molecule has 6 nitrogen and oxygen atoms in total. The maximum absolute atomic E-state index is 12.3. The lowest BCUT2D eigenvalue weighted by atomic mass is 9.36. The van der Waals surface area contributed by atoms with Crippen LogP contribution in [0.5, 0.6) is 0 Å². The second-order valence-electron chi connectivity index (χ2n) is 11.7. The predicted molar refractivity (Wildman–Crippen MR) is 118 cm³/mol. The van der Waals surface area contributed by atoms with Gasteiger partial charge in [0.15, 0.2) is 5.60 Å². The molecule has 32 heavy (non-hydrogen) atoms. The summed E-state index contributed by atoms with van der Waals surface area (Å²) in [5.74, 6) is -0.802. The fraction of sp³-hybridized carbons (Fsp3) is 0.808. The van der Waals surface area contributed by atoms with Gasteiger partial charge in [0.2, 0.25) is 0 Å². The summed E-state index contributed by atoms with van der Waals surface area (Å²) < 4.78 is 17.5. The van der Waals surface area contributed by atoms with E-state index in [1.165, 1.54) is 27.2 Å². The van der Waals surface area contributed by atoms with Crippen molar-refractivity contribution >= 4 is 17.9 Å². The molecule has 0 heterocycles. The maximum atomic E-state index is 12.3. The standard InChI is InChI=1S/C26H38O6/c1-16(27)30-15-26(32-18(3)29)14-25-12-8-19(26)21(31-17(2)28)22(25)24(6)11-7-10-23(4,5)20(24)9-13-25/h8,12,19-22H,7,9-11,13-15H2,1-6H3/t19-,20+,21+,22-,24+,25+,26+/m0/s1. The second kappa shape index (κ2) is 7.59. The number of hydrogen-bond acceptors (Lipinski definition) is 6. The minimum Gasteiger partial charge on any atom is -0.462 e. The molecule has 5 rings (SSSR count). The van der Waals surface area contributed by atoms with Gasteiger partial charge in [-0.25, -0.2) is 0 Å². The van der Waals surface area contributed by atoms with Crippen molar-refractivity contribution in [3.63, 3.8) is 0 Å². The molecule has 3 fully saturated rings. The molecular weight excluding hydrogens is 408 g/mol. The van der Waals surface area contributed by atoms with E-state index in [0.29, 0.717) is 12.3 Å². The Bertz CT molecular complexity index is 845. The van der Waals surface area contributed by atoms with Crippen molar-refractivity contribution in [2.75, 3.05) is 6.61 Å². The van der Waals surface area contributed by atoms with E-state index in [1.807, 2.05) is 0 Å². The Hall–Kier alpha value is -1.85. The third-order valence-electron chi connectivity index (χ3n) is 9.23. The topological polar surface area (TPSA) is 78.9 Å². The second-order valence-corrected chi connectivity index (χ2v) is 11.7. The van der Waals surface area contributed by atoms with Crippen LogP contribution in [0.4, 0.5) is 0 Å². The van der Waals surface area contributed by atoms with E-state index in [2.05, 4.69) is 32.9 Å². The van der Waals surface area contributed by atoms with Gasteiger partial charge in [-0.15, -0.1) is 0 Å². The number of allylic oxidation sites excluding steroid dienone is 1. The quantitative estimate of drug-likeness (QED) is 0.357. The van der Waals surface area contributed by atoms with Crippen LogP contribution in [-0.2, 0) is 28.6 Å². The number of hydrogen-bond donors (Lipinski definition) is 0. The summed E-state index contributed by atoms with van der Waals surface area (Å²) in [6, 6.07) is 0. The van der Waals surface area contributed by atoms with Gasteiger partial charge in [-0.05, 0) is 47.8 Å². The molecule has 5 aliphatic carbocycles. The Balaban J connectivity index is 1.83.